The Morgan fingerprint density at radius 2 is 1.69 bits per heavy atom. The summed E-state index contributed by atoms with van der Waals surface area (Å²) < 4.78 is 41.1. The molecule has 32 heavy (non-hydrogen) atoms. The van der Waals surface area contributed by atoms with E-state index in [9.17, 15) is 18.0 Å². The Balaban J connectivity index is 1.84. The van der Waals surface area contributed by atoms with Crippen LogP contribution in [0.4, 0.5) is 19.1 Å². The van der Waals surface area contributed by atoms with Crippen LogP contribution in [0.25, 0.3) is 38.9 Å². The van der Waals surface area contributed by atoms with Gasteiger partial charge in [0.15, 0.2) is 0 Å². The summed E-state index contributed by atoms with van der Waals surface area (Å²) in [7, 11) is 0. The van der Waals surface area contributed by atoms with E-state index >= 15 is 0 Å². The van der Waals surface area contributed by atoms with Gasteiger partial charge in [0, 0.05) is 41.3 Å². The second-order valence-corrected chi connectivity index (χ2v) is 7.01. The first-order valence-corrected chi connectivity index (χ1v) is 9.38. The number of halogens is 3. The van der Waals surface area contributed by atoms with E-state index in [0.717, 1.165) is 12.1 Å². The topological polar surface area (TPSA) is 99.6 Å². The molecule has 5 rings (SSSR count). The molecule has 0 fully saturated rings. The lowest BCUT2D eigenvalue weighted by Gasteiger charge is -2.14. The number of benzene rings is 1. The molecule has 5 aromatic rings. The van der Waals surface area contributed by atoms with Gasteiger partial charge in [-0.25, -0.2) is 15.0 Å². The third-order valence-corrected chi connectivity index (χ3v) is 4.96. The van der Waals surface area contributed by atoms with E-state index in [2.05, 4.69) is 19.9 Å². The number of pyridine rings is 3. The summed E-state index contributed by atoms with van der Waals surface area (Å²) >= 11 is 0. The zero-order valence-corrected chi connectivity index (χ0v) is 16.2. The van der Waals surface area contributed by atoms with Gasteiger partial charge in [0.05, 0.1) is 22.3 Å². The van der Waals surface area contributed by atoms with Gasteiger partial charge in [-0.1, -0.05) is 6.07 Å². The van der Waals surface area contributed by atoms with Crippen LogP contribution in [0.3, 0.4) is 0 Å². The lowest BCUT2D eigenvalue weighted by atomic mass is 10.1. The van der Waals surface area contributed by atoms with Crippen LogP contribution >= 0.6 is 0 Å². The van der Waals surface area contributed by atoms with Gasteiger partial charge in [-0.2, -0.15) is 13.2 Å². The Hall–Kier alpha value is -4.34. The number of aromatic nitrogens is 5. The molecule has 0 aliphatic carbocycles. The molecule has 158 valence electrons. The van der Waals surface area contributed by atoms with Crippen LogP contribution in [0.15, 0.2) is 71.9 Å². The SMILES string of the molecule is Nc1ncc(-c2ccc3ncc4ccc(=O)n(-c5cccc(C(F)(F)F)c5)c4c3n2)cn1. The first kappa shape index (κ1) is 19.6. The van der Waals surface area contributed by atoms with Gasteiger partial charge in [0.25, 0.3) is 5.56 Å². The van der Waals surface area contributed by atoms with Crippen LogP contribution in [-0.2, 0) is 6.18 Å². The molecule has 0 amide bonds. The normalized spacial score (nSPS) is 11.8. The fraction of sp³-hybridized carbons (Fsp3) is 0.0455. The van der Waals surface area contributed by atoms with E-state index in [1.54, 1.807) is 24.4 Å². The molecule has 4 heterocycles. The number of nitrogens with zero attached hydrogens (tertiary/aromatic N) is 5. The predicted octanol–water partition coefficient (Wildman–Crippen LogP) is 3.99. The third kappa shape index (κ3) is 3.31. The van der Waals surface area contributed by atoms with Crippen LogP contribution < -0.4 is 11.3 Å². The average molecular weight is 434 g/mol. The Labute approximate surface area is 178 Å². The number of hydrogen-bond donors (Lipinski definition) is 1. The van der Waals surface area contributed by atoms with Crippen molar-refractivity contribution in [1.82, 2.24) is 24.5 Å². The van der Waals surface area contributed by atoms with Crippen molar-refractivity contribution in [3.8, 4) is 16.9 Å². The Bertz CT molecular complexity index is 1540. The van der Waals surface area contributed by atoms with Crippen molar-refractivity contribution in [3.63, 3.8) is 0 Å². The highest BCUT2D eigenvalue weighted by Crippen LogP contribution is 2.31. The first-order chi connectivity index (χ1) is 15.3. The summed E-state index contributed by atoms with van der Waals surface area (Å²) in [5.41, 5.74) is 6.53. The molecule has 7 nitrogen and oxygen atoms in total. The van der Waals surface area contributed by atoms with Crippen LogP contribution in [0, 0.1) is 0 Å². The third-order valence-electron chi connectivity index (χ3n) is 4.96. The predicted molar refractivity (Wildman–Crippen MR) is 113 cm³/mol. The largest absolute Gasteiger partial charge is 0.416 e. The van der Waals surface area contributed by atoms with Gasteiger partial charge >= 0.3 is 6.18 Å². The van der Waals surface area contributed by atoms with E-state index in [-0.39, 0.29) is 11.6 Å². The van der Waals surface area contributed by atoms with Gasteiger partial charge in [-0.3, -0.25) is 14.3 Å². The molecular formula is C22H13F3N6O. The van der Waals surface area contributed by atoms with Gasteiger partial charge in [0.2, 0.25) is 5.95 Å². The monoisotopic (exact) mass is 434 g/mol. The molecule has 0 spiro atoms. The summed E-state index contributed by atoms with van der Waals surface area (Å²) in [5.74, 6) is 0.111. The second-order valence-electron chi connectivity index (χ2n) is 7.01. The average Bonchev–Trinajstić information content (AvgIpc) is 2.78. The minimum atomic E-state index is -4.55. The fourth-order valence-electron chi connectivity index (χ4n) is 3.48. The lowest BCUT2D eigenvalue weighted by molar-refractivity contribution is -0.137. The van der Waals surface area contributed by atoms with Crippen molar-refractivity contribution in [2.45, 2.75) is 6.18 Å². The highest BCUT2D eigenvalue weighted by atomic mass is 19.4. The maximum Gasteiger partial charge on any atom is 0.416 e. The summed E-state index contributed by atoms with van der Waals surface area (Å²) in [6, 6.07) is 10.9. The van der Waals surface area contributed by atoms with Gasteiger partial charge in [0.1, 0.15) is 5.52 Å². The highest BCUT2D eigenvalue weighted by Gasteiger charge is 2.30. The maximum absolute atomic E-state index is 13.3. The Morgan fingerprint density at radius 1 is 0.906 bits per heavy atom. The first-order valence-electron chi connectivity index (χ1n) is 9.38. The zero-order valence-electron chi connectivity index (χ0n) is 16.2. The minimum Gasteiger partial charge on any atom is -0.368 e. The molecule has 0 unspecified atom stereocenters. The smallest absolute Gasteiger partial charge is 0.368 e. The molecule has 0 saturated heterocycles. The number of alkyl halides is 3. The van der Waals surface area contributed by atoms with E-state index < -0.39 is 17.3 Å². The summed E-state index contributed by atoms with van der Waals surface area (Å²) in [4.78, 5) is 29.8. The molecule has 1 aromatic carbocycles. The van der Waals surface area contributed by atoms with Crippen molar-refractivity contribution in [2.75, 3.05) is 5.73 Å². The zero-order chi connectivity index (χ0) is 22.5. The van der Waals surface area contributed by atoms with E-state index in [1.807, 2.05) is 0 Å². The molecule has 0 aliphatic rings. The van der Waals surface area contributed by atoms with Gasteiger partial charge in [-0.15, -0.1) is 0 Å². The van der Waals surface area contributed by atoms with Crippen molar-refractivity contribution < 1.29 is 13.2 Å². The lowest BCUT2D eigenvalue weighted by Crippen LogP contribution is -2.18. The molecule has 0 radical (unpaired) electrons. The molecule has 0 aliphatic heterocycles. The summed E-state index contributed by atoms with van der Waals surface area (Å²) in [6.45, 7) is 0. The van der Waals surface area contributed by atoms with Crippen LogP contribution in [0.5, 0.6) is 0 Å². The van der Waals surface area contributed by atoms with Crippen molar-refractivity contribution >= 4 is 27.9 Å². The van der Waals surface area contributed by atoms with Crippen LogP contribution in [0.1, 0.15) is 5.56 Å². The number of hydrogen-bond acceptors (Lipinski definition) is 6. The quantitative estimate of drug-likeness (QED) is 0.422. The fourth-order valence-corrected chi connectivity index (χ4v) is 3.48. The molecular weight excluding hydrogens is 421 g/mol. The molecule has 2 N–H and O–H groups in total. The summed E-state index contributed by atoms with van der Waals surface area (Å²) in [5, 5.41) is 0.549. The Kier molecular flexibility index (Phi) is 4.36. The molecule has 4 aromatic heterocycles. The molecule has 0 bridgehead atoms. The standard InChI is InChI=1S/C22H13F3N6O/c23-22(24,25)14-2-1-3-15(8-14)31-18(32)7-4-12-9-27-17-6-5-16(30-19(17)20(12)31)13-10-28-21(26)29-11-13/h1-11H,(H2,26,28,29). The van der Waals surface area contributed by atoms with Gasteiger partial charge in [-0.05, 0) is 36.4 Å². The summed E-state index contributed by atoms with van der Waals surface area (Å²) in [6.07, 6.45) is 0.0210. The van der Waals surface area contributed by atoms with Gasteiger partial charge < -0.3 is 5.73 Å². The number of nitrogens with two attached hydrogens (primary N) is 1. The van der Waals surface area contributed by atoms with Crippen molar-refractivity contribution in [3.05, 3.63) is 83.0 Å². The van der Waals surface area contributed by atoms with Crippen molar-refractivity contribution in [1.29, 1.82) is 0 Å². The van der Waals surface area contributed by atoms with Crippen LogP contribution in [0.2, 0.25) is 0 Å². The van der Waals surface area contributed by atoms with E-state index in [1.165, 1.54) is 35.2 Å². The number of rotatable bonds is 2. The highest BCUT2D eigenvalue weighted by molar-refractivity contribution is 6.02. The van der Waals surface area contributed by atoms with E-state index in [4.69, 9.17) is 5.73 Å². The molecule has 0 atom stereocenters. The van der Waals surface area contributed by atoms with E-state index in [0.29, 0.717) is 33.2 Å². The molecule has 10 heteroatoms. The number of fused-ring (bicyclic) bond motifs is 3. The number of nitrogen functional groups attached to an aromatic ring is 1. The van der Waals surface area contributed by atoms with Crippen LogP contribution in [-0.4, -0.2) is 24.5 Å². The second kappa shape index (κ2) is 7.12. The number of anilines is 1. The maximum atomic E-state index is 13.3. The van der Waals surface area contributed by atoms with Crippen molar-refractivity contribution in [2.24, 2.45) is 0 Å². The minimum absolute atomic E-state index is 0.0750. The molecule has 0 saturated carbocycles. The Morgan fingerprint density at radius 3 is 2.44 bits per heavy atom.